The topological polar surface area (TPSA) is 106 Å². The number of carbonyl (C=O) groups excluding carboxylic acids is 1. The average Bonchev–Trinajstić information content (AvgIpc) is 3.55. The first kappa shape index (κ1) is 26.3. The number of aromatic nitrogens is 3. The van der Waals surface area contributed by atoms with Crippen LogP contribution >= 0.6 is 0 Å². The van der Waals surface area contributed by atoms with E-state index in [9.17, 15) is 4.79 Å². The second-order valence-corrected chi connectivity index (χ2v) is 10.3. The fourth-order valence-electron chi connectivity index (χ4n) is 3.97. The van der Waals surface area contributed by atoms with Crippen LogP contribution in [0.1, 0.15) is 37.7 Å². The Labute approximate surface area is 227 Å². The molecule has 4 aromatic rings. The number of pyridine rings is 1. The molecule has 0 unspecified atom stereocenters. The fraction of sp³-hybridized carbons (Fsp3) is 0.345. The number of ether oxygens (including phenoxy) is 2. The molecule has 1 saturated heterocycles. The smallest absolute Gasteiger partial charge is 0.326 e. The Morgan fingerprint density at radius 2 is 1.72 bits per heavy atom. The molecule has 1 aliphatic rings. The summed E-state index contributed by atoms with van der Waals surface area (Å²) >= 11 is 0. The largest absolute Gasteiger partial charge is 0.492 e. The number of morpholine rings is 1. The van der Waals surface area contributed by atoms with Crippen molar-refractivity contribution < 1.29 is 18.8 Å². The molecule has 10 heteroatoms. The highest BCUT2D eigenvalue weighted by atomic mass is 16.5. The van der Waals surface area contributed by atoms with E-state index in [0.29, 0.717) is 29.7 Å². The summed E-state index contributed by atoms with van der Waals surface area (Å²) in [7, 11) is 0. The second-order valence-electron chi connectivity index (χ2n) is 10.3. The summed E-state index contributed by atoms with van der Waals surface area (Å²) in [6.45, 7) is 11.1. The van der Waals surface area contributed by atoms with Gasteiger partial charge in [-0.1, -0.05) is 37.8 Å². The molecule has 5 rings (SSSR count). The summed E-state index contributed by atoms with van der Waals surface area (Å²) in [6.07, 6.45) is 3.60. The number of anilines is 2. The van der Waals surface area contributed by atoms with Crippen LogP contribution < -0.4 is 15.4 Å². The van der Waals surface area contributed by atoms with Gasteiger partial charge in [0.05, 0.1) is 19.4 Å². The maximum atomic E-state index is 12.4. The summed E-state index contributed by atoms with van der Waals surface area (Å²) in [6, 6.07) is 12.8. The molecule has 4 heterocycles. The summed E-state index contributed by atoms with van der Waals surface area (Å²) in [4.78, 5) is 19.2. The van der Waals surface area contributed by atoms with Gasteiger partial charge in [-0.25, -0.2) is 9.78 Å². The summed E-state index contributed by atoms with van der Waals surface area (Å²) in [5, 5.41) is 9.29. The van der Waals surface area contributed by atoms with Gasteiger partial charge in [-0.2, -0.15) is 0 Å². The van der Waals surface area contributed by atoms with Gasteiger partial charge in [0, 0.05) is 48.4 Å². The molecular weight excluding hydrogens is 496 g/mol. The minimum absolute atomic E-state index is 0.202. The van der Waals surface area contributed by atoms with Crippen molar-refractivity contribution in [1.82, 2.24) is 19.4 Å². The molecule has 0 atom stereocenters. The lowest BCUT2D eigenvalue weighted by Crippen LogP contribution is -2.38. The first-order valence-corrected chi connectivity index (χ1v) is 12.9. The van der Waals surface area contributed by atoms with E-state index >= 15 is 0 Å². The standard InChI is InChI=1S/C29H32N6O4/c1-29(2,3)24-18-25(33-39-24)31-28(36)32-26-20-35-19-22(8-11-27(35)30-26)5-4-21-6-9-23(10-7-21)38-17-14-34-12-15-37-16-13-34/h6-11,18-20H,12-17H2,1-3H3,(H2,31,32,33,36). The van der Waals surface area contributed by atoms with Crippen LogP contribution in [-0.4, -0.2) is 64.9 Å². The van der Waals surface area contributed by atoms with E-state index in [0.717, 1.165) is 49.7 Å². The van der Waals surface area contributed by atoms with Crippen LogP contribution in [0, 0.1) is 11.8 Å². The van der Waals surface area contributed by atoms with Crippen molar-refractivity contribution in [3.05, 3.63) is 71.7 Å². The van der Waals surface area contributed by atoms with E-state index in [1.165, 1.54) is 0 Å². The highest BCUT2D eigenvalue weighted by Crippen LogP contribution is 2.24. The van der Waals surface area contributed by atoms with Crippen molar-refractivity contribution in [1.29, 1.82) is 0 Å². The van der Waals surface area contributed by atoms with Gasteiger partial charge in [-0.3, -0.25) is 15.5 Å². The number of carbonyl (C=O) groups is 1. The molecule has 0 saturated carbocycles. The van der Waals surface area contributed by atoms with Crippen LogP contribution in [0.25, 0.3) is 5.65 Å². The molecule has 1 aromatic carbocycles. The number of benzene rings is 1. The predicted octanol–water partition coefficient (Wildman–Crippen LogP) is 4.37. The van der Waals surface area contributed by atoms with Crippen LogP contribution in [0.2, 0.25) is 0 Å². The fourth-order valence-corrected chi connectivity index (χ4v) is 3.97. The predicted molar refractivity (Wildman–Crippen MR) is 148 cm³/mol. The SMILES string of the molecule is CC(C)(C)c1cc(NC(=O)Nc2cn3cc(C#Cc4ccc(OCCN5CCOCC5)cc4)ccc3n2)no1. The van der Waals surface area contributed by atoms with E-state index in [1.54, 1.807) is 12.3 Å². The Hall–Kier alpha value is -4.33. The number of nitrogens with one attached hydrogen (secondary N) is 2. The molecule has 39 heavy (non-hydrogen) atoms. The van der Waals surface area contributed by atoms with Gasteiger partial charge in [0.25, 0.3) is 0 Å². The molecule has 0 aliphatic carbocycles. The minimum Gasteiger partial charge on any atom is -0.492 e. The Bertz CT molecular complexity index is 1480. The Balaban J connectivity index is 1.15. The van der Waals surface area contributed by atoms with E-state index in [-0.39, 0.29) is 5.41 Å². The third-order valence-corrected chi connectivity index (χ3v) is 6.17. The lowest BCUT2D eigenvalue weighted by molar-refractivity contribution is 0.0322. The van der Waals surface area contributed by atoms with E-state index in [4.69, 9.17) is 14.0 Å². The minimum atomic E-state index is -0.458. The summed E-state index contributed by atoms with van der Waals surface area (Å²) in [5.41, 5.74) is 2.19. The van der Waals surface area contributed by atoms with Crippen molar-refractivity contribution in [2.75, 3.05) is 50.1 Å². The van der Waals surface area contributed by atoms with Gasteiger partial charge in [0.1, 0.15) is 23.8 Å². The third kappa shape index (κ3) is 7.16. The highest BCUT2D eigenvalue weighted by Gasteiger charge is 2.20. The van der Waals surface area contributed by atoms with Gasteiger partial charge >= 0.3 is 6.03 Å². The quantitative estimate of drug-likeness (QED) is 0.358. The van der Waals surface area contributed by atoms with Crippen molar-refractivity contribution in [2.24, 2.45) is 0 Å². The molecule has 1 fully saturated rings. The van der Waals surface area contributed by atoms with Crippen molar-refractivity contribution in [2.45, 2.75) is 26.2 Å². The molecular formula is C29H32N6O4. The normalized spacial score (nSPS) is 14.0. The first-order chi connectivity index (χ1) is 18.8. The van der Waals surface area contributed by atoms with Crippen LogP contribution in [0.4, 0.5) is 16.4 Å². The van der Waals surface area contributed by atoms with Gasteiger partial charge < -0.3 is 18.4 Å². The molecule has 0 spiro atoms. The average molecular weight is 529 g/mol. The first-order valence-electron chi connectivity index (χ1n) is 12.9. The summed E-state index contributed by atoms with van der Waals surface area (Å²) < 4.78 is 18.4. The molecule has 1 aliphatic heterocycles. The number of amides is 2. The van der Waals surface area contributed by atoms with Crippen LogP contribution in [0.15, 0.2) is 59.4 Å². The Morgan fingerprint density at radius 1 is 1.00 bits per heavy atom. The van der Waals surface area contributed by atoms with Crippen molar-refractivity contribution >= 4 is 23.3 Å². The number of hydrogen-bond donors (Lipinski definition) is 2. The monoisotopic (exact) mass is 528 g/mol. The zero-order valence-electron chi connectivity index (χ0n) is 22.4. The molecule has 2 amide bonds. The van der Waals surface area contributed by atoms with E-state index in [2.05, 4.69) is 37.5 Å². The van der Waals surface area contributed by atoms with E-state index < -0.39 is 6.03 Å². The number of fused-ring (bicyclic) bond motifs is 1. The number of rotatable bonds is 6. The number of urea groups is 1. The van der Waals surface area contributed by atoms with Gasteiger partial charge in [-0.05, 0) is 36.4 Å². The highest BCUT2D eigenvalue weighted by molar-refractivity contribution is 5.98. The molecule has 0 radical (unpaired) electrons. The van der Waals surface area contributed by atoms with Crippen LogP contribution in [-0.2, 0) is 10.2 Å². The Morgan fingerprint density at radius 3 is 2.46 bits per heavy atom. The molecule has 202 valence electrons. The van der Waals surface area contributed by atoms with Gasteiger partial charge in [0.15, 0.2) is 11.6 Å². The Kier molecular flexibility index (Phi) is 7.81. The maximum absolute atomic E-state index is 12.4. The zero-order valence-corrected chi connectivity index (χ0v) is 22.4. The van der Waals surface area contributed by atoms with Crippen LogP contribution in [0.3, 0.4) is 0 Å². The maximum Gasteiger partial charge on any atom is 0.326 e. The number of hydrogen-bond acceptors (Lipinski definition) is 7. The molecule has 10 nitrogen and oxygen atoms in total. The lowest BCUT2D eigenvalue weighted by atomic mass is 9.93. The molecule has 2 N–H and O–H groups in total. The molecule has 3 aromatic heterocycles. The van der Waals surface area contributed by atoms with Crippen molar-refractivity contribution in [3.63, 3.8) is 0 Å². The second kappa shape index (κ2) is 11.6. The van der Waals surface area contributed by atoms with E-state index in [1.807, 2.05) is 67.8 Å². The van der Waals surface area contributed by atoms with Gasteiger partial charge in [0.2, 0.25) is 0 Å². The summed E-state index contributed by atoms with van der Waals surface area (Å²) in [5.74, 6) is 8.62. The lowest BCUT2D eigenvalue weighted by Gasteiger charge is -2.26. The third-order valence-electron chi connectivity index (χ3n) is 6.17. The number of imidazole rings is 1. The molecule has 0 bridgehead atoms. The zero-order chi connectivity index (χ0) is 27.2. The van der Waals surface area contributed by atoms with Crippen molar-refractivity contribution in [3.8, 4) is 17.6 Å². The number of nitrogens with zero attached hydrogens (tertiary/aromatic N) is 4. The van der Waals surface area contributed by atoms with Gasteiger partial charge in [-0.15, -0.1) is 0 Å². The van der Waals surface area contributed by atoms with Crippen LogP contribution in [0.5, 0.6) is 5.75 Å².